The van der Waals surface area contributed by atoms with Crippen LogP contribution in [0.15, 0.2) is 58.1 Å². The number of methoxy groups -OCH3 is 2. The van der Waals surface area contributed by atoms with Gasteiger partial charge in [0.15, 0.2) is 5.78 Å². The van der Waals surface area contributed by atoms with Gasteiger partial charge < -0.3 is 9.47 Å². The van der Waals surface area contributed by atoms with E-state index < -0.39 is 0 Å². The predicted molar refractivity (Wildman–Crippen MR) is 104 cm³/mol. The zero-order valence-electron chi connectivity index (χ0n) is 14.2. The lowest BCUT2D eigenvalue weighted by atomic mass is 10.1. The molecule has 0 spiro atoms. The molecule has 1 aliphatic rings. The van der Waals surface area contributed by atoms with Gasteiger partial charge in [0.2, 0.25) is 0 Å². The molecule has 0 radical (unpaired) electrons. The van der Waals surface area contributed by atoms with Crippen LogP contribution in [0.25, 0.3) is 12.2 Å². The Morgan fingerprint density at radius 1 is 0.920 bits per heavy atom. The highest BCUT2D eigenvalue weighted by atomic mass is 79.9. The van der Waals surface area contributed by atoms with Crippen LogP contribution in [0.3, 0.4) is 0 Å². The predicted octanol–water partition coefficient (Wildman–Crippen LogP) is 5.30. The molecule has 0 N–H and O–H groups in total. The molecule has 2 aromatic rings. The fourth-order valence-corrected chi connectivity index (χ4v) is 3.27. The zero-order valence-corrected chi connectivity index (χ0v) is 15.8. The second kappa shape index (κ2) is 7.70. The zero-order chi connectivity index (χ0) is 17.8. The van der Waals surface area contributed by atoms with E-state index in [1.54, 1.807) is 14.2 Å². The minimum absolute atomic E-state index is 0.109. The van der Waals surface area contributed by atoms with Gasteiger partial charge in [-0.1, -0.05) is 34.1 Å². The highest BCUT2D eigenvalue weighted by molar-refractivity contribution is 9.10. The summed E-state index contributed by atoms with van der Waals surface area (Å²) in [6.07, 6.45) is 5.40. The van der Waals surface area contributed by atoms with Crippen LogP contribution in [-0.2, 0) is 4.79 Å². The summed E-state index contributed by atoms with van der Waals surface area (Å²) in [6.45, 7) is 0. The number of ketones is 1. The molecule has 0 amide bonds. The summed E-state index contributed by atoms with van der Waals surface area (Å²) >= 11 is 3.53. The van der Waals surface area contributed by atoms with Crippen LogP contribution < -0.4 is 9.47 Å². The van der Waals surface area contributed by atoms with Crippen molar-refractivity contribution in [2.75, 3.05) is 14.2 Å². The van der Waals surface area contributed by atoms with Gasteiger partial charge in [-0.15, -0.1) is 0 Å². The molecule has 4 heteroatoms. The Morgan fingerprint density at radius 3 is 2.12 bits per heavy atom. The minimum Gasteiger partial charge on any atom is -0.497 e. The Bertz CT molecular complexity index is 843. The van der Waals surface area contributed by atoms with E-state index >= 15 is 0 Å². The maximum absolute atomic E-state index is 12.7. The Labute approximate surface area is 156 Å². The minimum atomic E-state index is 0.109. The molecule has 0 atom stereocenters. The molecular formula is C21H19BrO3. The lowest BCUT2D eigenvalue weighted by molar-refractivity contribution is -0.111. The van der Waals surface area contributed by atoms with Gasteiger partial charge in [0.05, 0.1) is 14.2 Å². The molecular weight excluding hydrogens is 380 g/mol. The molecule has 3 nitrogen and oxygen atoms in total. The number of allylic oxidation sites excluding steroid dienone is 2. The fraction of sp³-hybridized carbons (Fsp3) is 0.190. The van der Waals surface area contributed by atoms with Crippen LogP contribution in [-0.4, -0.2) is 20.0 Å². The van der Waals surface area contributed by atoms with Crippen LogP contribution >= 0.6 is 15.9 Å². The lowest BCUT2D eigenvalue weighted by Gasteiger charge is -2.06. The van der Waals surface area contributed by atoms with Crippen molar-refractivity contribution in [1.29, 1.82) is 0 Å². The van der Waals surface area contributed by atoms with Crippen molar-refractivity contribution in [3.05, 3.63) is 69.2 Å². The fourth-order valence-electron chi connectivity index (χ4n) is 2.87. The number of hydrogen-bond donors (Lipinski definition) is 0. The first-order valence-corrected chi connectivity index (χ1v) is 8.83. The number of hydrogen-bond acceptors (Lipinski definition) is 3. The van der Waals surface area contributed by atoms with Crippen molar-refractivity contribution in [2.24, 2.45) is 0 Å². The van der Waals surface area contributed by atoms with Gasteiger partial charge in [0, 0.05) is 21.7 Å². The highest BCUT2D eigenvalue weighted by Gasteiger charge is 2.23. The summed E-state index contributed by atoms with van der Waals surface area (Å²) in [5, 5.41) is 0. The smallest absolute Gasteiger partial charge is 0.185 e. The highest BCUT2D eigenvalue weighted by Crippen LogP contribution is 2.32. The number of rotatable bonds is 4. The van der Waals surface area contributed by atoms with Gasteiger partial charge in [-0.2, -0.15) is 0 Å². The maximum atomic E-state index is 12.7. The molecule has 0 unspecified atom stereocenters. The van der Waals surface area contributed by atoms with E-state index in [4.69, 9.17) is 9.47 Å². The van der Waals surface area contributed by atoms with E-state index in [1.807, 2.05) is 54.6 Å². The van der Waals surface area contributed by atoms with Crippen LogP contribution in [0.2, 0.25) is 0 Å². The topological polar surface area (TPSA) is 35.5 Å². The molecule has 1 fully saturated rings. The van der Waals surface area contributed by atoms with Crippen molar-refractivity contribution in [1.82, 2.24) is 0 Å². The van der Waals surface area contributed by atoms with Gasteiger partial charge in [-0.3, -0.25) is 4.79 Å². The summed E-state index contributed by atoms with van der Waals surface area (Å²) in [7, 11) is 3.23. The van der Waals surface area contributed by atoms with E-state index in [2.05, 4.69) is 15.9 Å². The number of carbonyl (C=O) groups excluding carboxylic acids is 1. The lowest BCUT2D eigenvalue weighted by Crippen LogP contribution is -1.96. The van der Waals surface area contributed by atoms with E-state index in [1.165, 1.54) is 0 Å². The van der Waals surface area contributed by atoms with E-state index in [0.29, 0.717) is 11.5 Å². The largest absolute Gasteiger partial charge is 0.497 e. The molecule has 0 aromatic heterocycles. The van der Waals surface area contributed by atoms with Gasteiger partial charge in [-0.05, 0) is 54.3 Å². The van der Waals surface area contributed by atoms with Crippen LogP contribution in [0, 0.1) is 0 Å². The molecule has 0 aliphatic heterocycles. The summed E-state index contributed by atoms with van der Waals surface area (Å²) in [6, 6.07) is 13.5. The second-order valence-electron chi connectivity index (χ2n) is 5.84. The first-order valence-electron chi connectivity index (χ1n) is 8.04. The number of benzene rings is 2. The average molecular weight is 399 g/mol. The third-order valence-corrected chi connectivity index (χ3v) is 4.92. The molecule has 1 aliphatic carbocycles. The Hall–Kier alpha value is -2.33. The Balaban J connectivity index is 1.89. The summed E-state index contributed by atoms with van der Waals surface area (Å²) in [5.41, 5.74) is 3.58. The normalized spacial score (nSPS) is 17.3. The SMILES string of the molecule is COc1cc(/C=C2\CC/C(=C\c3ccccc3Br)C2=O)cc(OC)c1. The Morgan fingerprint density at radius 2 is 1.52 bits per heavy atom. The van der Waals surface area contributed by atoms with Gasteiger partial charge in [-0.25, -0.2) is 0 Å². The van der Waals surface area contributed by atoms with Crippen LogP contribution in [0.5, 0.6) is 11.5 Å². The second-order valence-corrected chi connectivity index (χ2v) is 6.69. The molecule has 0 saturated heterocycles. The number of ether oxygens (including phenoxy) is 2. The number of halogens is 1. The molecule has 0 bridgehead atoms. The Kier molecular flexibility index (Phi) is 5.39. The first kappa shape index (κ1) is 17.5. The number of Topliss-reactive ketones (excluding diaryl/α,β-unsaturated/α-hetero) is 1. The molecule has 3 rings (SSSR count). The monoisotopic (exact) mass is 398 g/mol. The number of carbonyl (C=O) groups is 1. The third-order valence-electron chi connectivity index (χ3n) is 4.20. The van der Waals surface area contributed by atoms with Gasteiger partial charge >= 0.3 is 0 Å². The quantitative estimate of drug-likeness (QED) is 0.655. The van der Waals surface area contributed by atoms with E-state index in [0.717, 1.165) is 39.6 Å². The third kappa shape index (κ3) is 4.02. The van der Waals surface area contributed by atoms with Crippen molar-refractivity contribution in [3.63, 3.8) is 0 Å². The summed E-state index contributed by atoms with van der Waals surface area (Å²) in [5.74, 6) is 1.53. The van der Waals surface area contributed by atoms with E-state index in [-0.39, 0.29) is 5.78 Å². The summed E-state index contributed by atoms with van der Waals surface area (Å²) < 4.78 is 11.6. The average Bonchev–Trinajstić information content (AvgIpc) is 2.96. The van der Waals surface area contributed by atoms with Crippen LogP contribution in [0.1, 0.15) is 24.0 Å². The molecule has 1 saturated carbocycles. The van der Waals surface area contributed by atoms with E-state index in [9.17, 15) is 4.79 Å². The van der Waals surface area contributed by atoms with Crippen molar-refractivity contribution >= 4 is 33.9 Å². The standard InChI is InChI=1S/C21H19BrO3/c1-24-18-10-14(11-19(13-18)25-2)9-16-7-8-17(21(16)23)12-15-5-3-4-6-20(15)22/h3-6,9-13H,7-8H2,1-2H3/b16-9+,17-12+. The molecule has 25 heavy (non-hydrogen) atoms. The molecule has 128 valence electrons. The van der Waals surface area contributed by atoms with Crippen molar-refractivity contribution in [3.8, 4) is 11.5 Å². The first-order chi connectivity index (χ1) is 12.1. The molecule has 0 heterocycles. The van der Waals surface area contributed by atoms with Crippen molar-refractivity contribution < 1.29 is 14.3 Å². The summed E-state index contributed by atoms with van der Waals surface area (Å²) in [4.78, 5) is 12.7. The maximum Gasteiger partial charge on any atom is 0.185 e. The van der Waals surface area contributed by atoms with Crippen molar-refractivity contribution in [2.45, 2.75) is 12.8 Å². The molecule has 2 aromatic carbocycles. The van der Waals surface area contributed by atoms with Gasteiger partial charge in [0.25, 0.3) is 0 Å². The van der Waals surface area contributed by atoms with Gasteiger partial charge in [0.1, 0.15) is 11.5 Å². The van der Waals surface area contributed by atoms with Crippen LogP contribution in [0.4, 0.5) is 0 Å².